The van der Waals surface area contributed by atoms with Crippen LogP contribution >= 0.6 is 0 Å². The molecule has 0 aliphatic rings. The fourth-order valence-corrected chi connectivity index (χ4v) is 1.12. The Hall–Kier alpha value is -1.10. The predicted octanol–water partition coefficient (Wildman–Crippen LogP) is 1.54. The van der Waals surface area contributed by atoms with Gasteiger partial charge in [0.2, 0.25) is 0 Å². The second-order valence-electron chi connectivity index (χ2n) is 3.66. The Morgan fingerprint density at radius 3 is 2.12 bits per heavy atom. The molecule has 0 heterocycles. The normalized spacial score (nSPS) is 13.2. The van der Waals surface area contributed by atoms with Crippen LogP contribution in [-0.4, -0.2) is 34.3 Å². The molecule has 98 valence electrons. The smallest absolute Gasteiger partial charge is 0.194 e. The van der Waals surface area contributed by atoms with E-state index in [1.807, 2.05) is 25.1 Å². The van der Waals surface area contributed by atoms with E-state index in [0.717, 1.165) is 6.42 Å². The summed E-state index contributed by atoms with van der Waals surface area (Å²) < 4.78 is 4.97. The molecule has 0 aromatic heterocycles. The van der Waals surface area contributed by atoms with Crippen molar-refractivity contribution in [1.29, 1.82) is 0 Å². The Bertz CT molecular complexity index is 261. The van der Waals surface area contributed by atoms with Crippen LogP contribution in [0.4, 0.5) is 0 Å². The van der Waals surface area contributed by atoms with E-state index < -0.39 is 12.4 Å². The molecular formula is C13H22O4. The molecule has 0 radical (unpaired) electrons. The molecular weight excluding hydrogens is 220 g/mol. The summed E-state index contributed by atoms with van der Waals surface area (Å²) in [6.45, 7) is 3.44. The Morgan fingerprint density at radius 1 is 1.18 bits per heavy atom. The predicted molar refractivity (Wildman–Crippen MR) is 66.8 cm³/mol. The lowest BCUT2D eigenvalue weighted by molar-refractivity contribution is -0.000288. The number of para-hydroxylation sites is 1. The van der Waals surface area contributed by atoms with E-state index in [2.05, 4.69) is 0 Å². The molecule has 0 amide bonds. The van der Waals surface area contributed by atoms with Gasteiger partial charge in [0.1, 0.15) is 5.75 Å². The van der Waals surface area contributed by atoms with Gasteiger partial charge in [0.05, 0.1) is 12.7 Å². The molecule has 0 aliphatic carbocycles. The van der Waals surface area contributed by atoms with Crippen molar-refractivity contribution in [3.8, 4) is 5.75 Å². The van der Waals surface area contributed by atoms with Crippen LogP contribution in [0.2, 0.25) is 0 Å². The van der Waals surface area contributed by atoms with Gasteiger partial charge in [-0.1, -0.05) is 31.5 Å². The third kappa shape index (κ3) is 9.81. The van der Waals surface area contributed by atoms with Crippen molar-refractivity contribution in [3.05, 3.63) is 30.3 Å². The average molecular weight is 242 g/mol. The maximum absolute atomic E-state index is 8.78. The van der Waals surface area contributed by atoms with Gasteiger partial charge in [0.15, 0.2) is 6.29 Å². The van der Waals surface area contributed by atoms with Gasteiger partial charge in [0.25, 0.3) is 0 Å². The van der Waals surface area contributed by atoms with Crippen molar-refractivity contribution >= 4 is 0 Å². The first-order valence-corrected chi connectivity index (χ1v) is 5.78. The Morgan fingerprint density at radius 2 is 1.76 bits per heavy atom. The Balaban J connectivity index is 0.000000325. The van der Waals surface area contributed by atoms with Gasteiger partial charge >= 0.3 is 0 Å². The zero-order chi connectivity index (χ0) is 13.1. The minimum absolute atomic E-state index is 0.103. The molecule has 3 N–H and O–H groups in total. The van der Waals surface area contributed by atoms with Gasteiger partial charge in [0, 0.05) is 0 Å². The molecule has 0 bridgehead atoms. The Kier molecular flexibility index (Phi) is 9.43. The summed E-state index contributed by atoms with van der Waals surface area (Å²) in [6, 6.07) is 9.21. The molecule has 1 aromatic rings. The van der Waals surface area contributed by atoms with E-state index in [0.29, 0.717) is 12.2 Å². The molecule has 2 atom stereocenters. The largest absolute Gasteiger partial charge is 0.465 e. The number of hydrogen-bond acceptors (Lipinski definition) is 4. The molecule has 0 spiro atoms. The van der Waals surface area contributed by atoms with E-state index in [1.165, 1.54) is 0 Å². The molecule has 0 fully saturated rings. The highest BCUT2D eigenvalue weighted by atomic mass is 16.6. The molecule has 0 aliphatic heterocycles. The lowest BCUT2D eigenvalue weighted by Gasteiger charge is -2.06. The lowest BCUT2D eigenvalue weighted by atomic mass is 10.2. The van der Waals surface area contributed by atoms with E-state index in [-0.39, 0.29) is 6.61 Å². The van der Waals surface area contributed by atoms with E-state index >= 15 is 0 Å². The maximum Gasteiger partial charge on any atom is 0.194 e. The lowest BCUT2D eigenvalue weighted by Crippen LogP contribution is -2.10. The summed E-state index contributed by atoms with van der Waals surface area (Å²) in [7, 11) is 0. The molecule has 1 aromatic carbocycles. The van der Waals surface area contributed by atoms with Crippen molar-refractivity contribution in [2.24, 2.45) is 0 Å². The number of hydrogen-bond donors (Lipinski definition) is 3. The van der Waals surface area contributed by atoms with Crippen molar-refractivity contribution in [1.82, 2.24) is 0 Å². The highest BCUT2D eigenvalue weighted by Gasteiger charge is 1.96. The minimum atomic E-state index is -0.734. The summed E-state index contributed by atoms with van der Waals surface area (Å²) in [4.78, 5) is 0. The molecule has 1 rings (SSSR count). The van der Waals surface area contributed by atoms with Gasteiger partial charge in [-0.2, -0.15) is 0 Å². The van der Waals surface area contributed by atoms with Crippen molar-refractivity contribution in [2.45, 2.75) is 39.1 Å². The number of benzene rings is 1. The zero-order valence-electron chi connectivity index (χ0n) is 10.4. The second-order valence-corrected chi connectivity index (χ2v) is 3.66. The van der Waals surface area contributed by atoms with E-state index in [4.69, 9.17) is 20.1 Å². The van der Waals surface area contributed by atoms with Gasteiger partial charge in [-0.25, -0.2) is 0 Å². The van der Waals surface area contributed by atoms with Crippen LogP contribution in [0.15, 0.2) is 30.3 Å². The average Bonchev–Trinajstić information content (AvgIpc) is 2.30. The summed E-state index contributed by atoms with van der Waals surface area (Å²) in [5, 5.41) is 25.6. The van der Waals surface area contributed by atoms with Crippen LogP contribution in [0.5, 0.6) is 5.75 Å². The number of rotatable bonds is 5. The third-order valence-electron chi connectivity index (χ3n) is 1.88. The molecule has 2 unspecified atom stereocenters. The van der Waals surface area contributed by atoms with Gasteiger partial charge < -0.3 is 20.1 Å². The van der Waals surface area contributed by atoms with Gasteiger partial charge in [-0.05, 0) is 25.5 Å². The van der Waals surface area contributed by atoms with Crippen molar-refractivity contribution in [2.75, 3.05) is 6.61 Å². The number of ether oxygens (including phenoxy) is 1. The van der Waals surface area contributed by atoms with Crippen LogP contribution in [-0.2, 0) is 0 Å². The van der Waals surface area contributed by atoms with Crippen LogP contribution in [0.1, 0.15) is 26.7 Å². The van der Waals surface area contributed by atoms with Crippen LogP contribution in [0, 0.1) is 0 Å². The van der Waals surface area contributed by atoms with Gasteiger partial charge in [-0.15, -0.1) is 0 Å². The van der Waals surface area contributed by atoms with Crippen molar-refractivity contribution in [3.63, 3.8) is 0 Å². The van der Waals surface area contributed by atoms with E-state index in [1.54, 1.807) is 19.1 Å². The summed E-state index contributed by atoms with van der Waals surface area (Å²) in [5.74, 6) is 0.692. The zero-order valence-corrected chi connectivity index (χ0v) is 10.4. The molecule has 0 saturated heterocycles. The Labute approximate surface area is 102 Å². The fourth-order valence-electron chi connectivity index (χ4n) is 1.12. The van der Waals surface area contributed by atoms with Crippen LogP contribution in [0.3, 0.4) is 0 Å². The number of aliphatic hydroxyl groups excluding tert-OH is 3. The first-order chi connectivity index (χ1) is 8.10. The second kappa shape index (κ2) is 10.1. The molecule has 17 heavy (non-hydrogen) atoms. The SMILES string of the molecule is CC(O)Oc1ccccc1.CCCC(O)CO. The number of aliphatic hydroxyl groups is 3. The fraction of sp³-hybridized carbons (Fsp3) is 0.538. The minimum Gasteiger partial charge on any atom is -0.465 e. The summed E-state index contributed by atoms with van der Waals surface area (Å²) >= 11 is 0. The van der Waals surface area contributed by atoms with Crippen LogP contribution < -0.4 is 4.74 Å². The van der Waals surface area contributed by atoms with Gasteiger partial charge in [-0.3, -0.25) is 0 Å². The highest BCUT2D eigenvalue weighted by molar-refractivity contribution is 5.20. The maximum atomic E-state index is 8.78. The van der Waals surface area contributed by atoms with Crippen molar-refractivity contribution < 1.29 is 20.1 Å². The molecule has 4 nitrogen and oxygen atoms in total. The standard InChI is InChI=1S/C8H10O2.C5H12O2/c1-7(9)10-8-5-3-2-4-6-8;1-2-3-5(7)4-6/h2-7,9H,1H3;5-7H,2-4H2,1H3. The first kappa shape index (κ1) is 15.9. The molecule has 0 saturated carbocycles. The quantitative estimate of drug-likeness (QED) is 0.685. The summed E-state index contributed by atoms with van der Waals surface area (Å²) in [6.07, 6.45) is 0.408. The topological polar surface area (TPSA) is 69.9 Å². The highest BCUT2D eigenvalue weighted by Crippen LogP contribution is 2.09. The monoisotopic (exact) mass is 242 g/mol. The van der Waals surface area contributed by atoms with E-state index in [9.17, 15) is 0 Å². The summed E-state index contributed by atoms with van der Waals surface area (Å²) in [5.41, 5.74) is 0. The molecule has 4 heteroatoms. The third-order valence-corrected chi connectivity index (χ3v) is 1.88. The first-order valence-electron chi connectivity index (χ1n) is 5.78. The van der Waals surface area contributed by atoms with Crippen LogP contribution in [0.25, 0.3) is 0 Å².